The molecule has 0 saturated carbocycles. The first-order valence-electron chi connectivity index (χ1n) is 10.5. The van der Waals surface area contributed by atoms with Gasteiger partial charge in [0, 0.05) is 5.92 Å². The smallest absolute Gasteiger partial charge is 0.411 e. The van der Waals surface area contributed by atoms with Crippen LogP contribution >= 0.6 is 0 Å². The number of nitrogens with one attached hydrogen (secondary N) is 2. The molecule has 34 heavy (non-hydrogen) atoms. The van der Waals surface area contributed by atoms with Gasteiger partial charge in [-0.3, -0.25) is 14.9 Å². The molecule has 3 aromatic carbocycles. The number of carboxylic acid groups (broad SMARTS) is 1. The topological polar surface area (TPSA) is 114 Å². The first-order valence-corrected chi connectivity index (χ1v) is 10.5. The minimum atomic E-state index is -1.32. The second-order valence-corrected chi connectivity index (χ2v) is 7.64. The molecule has 9 heteroatoms. The Morgan fingerprint density at radius 1 is 0.971 bits per heavy atom. The molecular weight excluding hydrogens is 443 g/mol. The fraction of sp³-hybridized carbons (Fsp3) is 0.160. The van der Waals surface area contributed by atoms with Crippen molar-refractivity contribution < 1.29 is 33.5 Å². The van der Waals surface area contributed by atoms with E-state index in [-0.39, 0.29) is 18.1 Å². The molecule has 0 radical (unpaired) electrons. The molecule has 8 nitrogen and oxygen atoms in total. The van der Waals surface area contributed by atoms with Crippen LogP contribution in [0, 0.1) is 5.82 Å². The number of anilines is 1. The summed E-state index contributed by atoms with van der Waals surface area (Å²) in [4.78, 5) is 40.5. The summed E-state index contributed by atoms with van der Waals surface area (Å²) >= 11 is 0. The zero-order valence-corrected chi connectivity index (χ0v) is 18.1. The van der Waals surface area contributed by atoms with E-state index in [0.717, 1.165) is 28.3 Å². The molecule has 3 aromatic rings. The molecule has 0 saturated heterocycles. The van der Waals surface area contributed by atoms with Crippen molar-refractivity contribution in [3.8, 4) is 11.1 Å². The molecule has 0 fully saturated rings. The van der Waals surface area contributed by atoms with E-state index in [1.165, 1.54) is 19.1 Å². The van der Waals surface area contributed by atoms with Crippen LogP contribution in [0.25, 0.3) is 11.1 Å². The molecule has 0 spiro atoms. The van der Waals surface area contributed by atoms with E-state index in [0.29, 0.717) is 0 Å². The highest BCUT2D eigenvalue weighted by atomic mass is 19.1. The average molecular weight is 464 g/mol. The van der Waals surface area contributed by atoms with Crippen molar-refractivity contribution >= 4 is 23.7 Å². The highest BCUT2D eigenvalue weighted by molar-refractivity contribution is 6.02. The maximum atomic E-state index is 14.4. The van der Waals surface area contributed by atoms with Gasteiger partial charge in [0.15, 0.2) is 6.10 Å². The lowest BCUT2D eigenvalue weighted by Crippen LogP contribution is -2.33. The molecule has 1 unspecified atom stereocenters. The predicted molar refractivity (Wildman–Crippen MR) is 121 cm³/mol. The largest absolute Gasteiger partial charge is 0.479 e. The maximum absolute atomic E-state index is 14.4. The van der Waals surface area contributed by atoms with Gasteiger partial charge in [-0.15, -0.1) is 0 Å². The van der Waals surface area contributed by atoms with Gasteiger partial charge in [-0.05, 0) is 41.3 Å². The van der Waals surface area contributed by atoms with Crippen LogP contribution in [0.4, 0.5) is 14.9 Å². The number of carbonyl (C=O) groups is 3. The molecule has 2 amide bonds. The first kappa shape index (κ1) is 22.9. The number of halogens is 1. The third-order valence-electron chi connectivity index (χ3n) is 5.51. The Balaban J connectivity index is 1.46. The number of hydrogen-bond acceptors (Lipinski definition) is 5. The summed E-state index contributed by atoms with van der Waals surface area (Å²) in [6.45, 7) is 1.22. The van der Waals surface area contributed by atoms with Gasteiger partial charge >= 0.3 is 12.1 Å². The summed E-state index contributed by atoms with van der Waals surface area (Å²) in [5.74, 6) is -3.28. The third kappa shape index (κ3) is 4.60. The Hall–Kier alpha value is -4.24. The van der Waals surface area contributed by atoms with E-state index < -0.39 is 35.6 Å². The number of benzene rings is 3. The van der Waals surface area contributed by atoms with Crippen LogP contribution in [0.5, 0.6) is 0 Å². The van der Waals surface area contributed by atoms with Gasteiger partial charge in [0.1, 0.15) is 12.4 Å². The summed E-state index contributed by atoms with van der Waals surface area (Å²) in [7, 11) is 0. The van der Waals surface area contributed by atoms with E-state index >= 15 is 0 Å². The number of hydrogen-bond donors (Lipinski definition) is 3. The zero-order valence-electron chi connectivity index (χ0n) is 18.1. The quantitative estimate of drug-likeness (QED) is 0.449. The molecule has 0 heterocycles. The SMILES string of the molecule is CC(ONC(=O)c1cccc(F)c1NC(=O)OCC1c2ccccc2-c2ccccc21)C(=O)O. The lowest BCUT2D eigenvalue weighted by molar-refractivity contribution is -0.152. The third-order valence-corrected chi connectivity index (χ3v) is 5.51. The summed E-state index contributed by atoms with van der Waals surface area (Å²) < 4.78 is 19.9. The first-order chi connectivity index (χ1) is 16.4. The number of amides is 2. The van der Waals surface area contributed by atoms with Crippen molar-refractivity contribution in [3.63, 3.8) is 0 Å². The van der Waals surface area contributed by atoms with Gasteiger partial charge in [-0.1, -0.05) is 54.6 Å². The van der Waals surface area contributed by atoms with Crippen LogP contribution in [0.15, 0.2) is 66.7 Å². The van der Waals surface area contributed by atoms with Crippen molar-refractivity contribution in [3.05, 3.63) is 89.2 Å². The van der Waals surface area contributed by atoms with E-state index in [4.69, 9.17) is 14.7 Å². The summed E-state index contributed by atoms with van der Waals surface area (Å²) in [5.41, 5.74) is 5.44. The summed E-state index contributed by atoms with van der Waals surface area (Å²) in [6.07, 6.45) is -2.27. The van der Waals surface area contributed by atoms with Crippen molar-refractivity contribution in [2.24, 2.45) is 0 Å². The van der Waals surface area contributed by atoms with Gasteiger partial charge in [-0.2, -0.15) is 0 Å². The fourth-order valence-electron chi connectivity index (χ4n) is 3.82. The molecule has 1 aliphatic rings. The molecule has 4 rings (SSSR count). The number of carboxylic acids is 1. The highest BCUT2D eigenvalue weighted by Crippen LogP contribution is 2.44. The minimum absolute atomic E-state index is 0.00901. The number of ether oxygens (including phenoxy) is 1. The van der Waals surface area contributed by atoms with Gasteiger partial charge < -0.3 is 9.84 Å². The van der Waals surface area contributed by atoms with Crippen LogP contribution in [-0.4, -0.2) is 35.8 Å². The Morgan fingerprint density at radius 2 is 1.59 bits per heavy atom. The molecule has 3 N–H and O–H groups in total. The van der Waals surface area contributed by atoms with Gasteiger partial charge in [0.25, 0.3) is 5.91 Å². The Morgan fingerprint density at radius 3 is 2.21 bits per heavy atom. The number of hydroxylamine groups is 1. The lowest BCUT2D eigenvalue weighted by Gasteiger charge is -2.16. The van der Waals surface area contributed by atoms with Crippen LogP contribution in [0.2, 0.25) is 0 Å². The summed E-state index contributed by atoms with van der Waals surface area (Å²) in [6, 6.07) is 19.3. The standard InChI is InChI=1S/C25H21FN2O6/c1-14(24(30)31)34-28-23(29)19-11-6-12-21(26)22(19)27-25(32)33-13-20-17-9-4-2-7-15(17)16-8-3-5-10-18(16)20/h2-12,14,20H,13H2,1H3,(H,27,32)(H,28,29)(H,30,31). The molecule has 0 aliphatic heterocycles. The second-order valence-electron chi connectivity index (χ2n) is 7.64. The van der Waals surface area contributed by atoms with Crippen LogP contribution in [-0.2, 0) is 14.4 Å². The monoisotopic (exact) mass is 464 g/mol. The van der Waals surface area contributed by atoms with Crippen LogP contribution < -0.4 is 10.8 Å². The molecule has 0 aromatic heterocycles. The molecular formula is C25H21FN2O6. The highest BCUT2D eigenvalue weighted by Gasteiger charge is 2.29. The van der Waals surface area contributed by atoms with Crippen molar-refractivity contribution in [2.45, 2.75) is 18.9 Å². The Bertz CT molecular complexity index is 1220. The number of carbonyl (C=O) groups excluding carboxylic acids is 2. The van der Waals surface area contributed by atoms with E-state index in [2.05, 4.69) is 5.32 Å². The number of para-hydroxylation sites is 1. The maximum Gasteiger partial charge on any atom is 0.411 e. The second kappa shape index (κ2) is 9.72. The zero-order chi connectivity index (χ0) is 24.2. The molecule has 1 aliphatic carbocycles. The van der Waals surface area contributed by atoms with Crippen LogP contribution in [0.3, 0.4) is 0 Å². The molecule has 0 bridgehead atoms. The van der Waals surface area contributed by atoms with Gasteiger partial charge in [0.05, 0.1) is 11.3 Å². The predicted octanol–water partition coefficient (Wildman–Crippen LogP) is 4.32. The molecule has 174 valence electrons. The van der Waals surface area contributed by atoms with Crippen molar-refractivity contribution in [1.29, 1.82) is 0 Å². The lowest BCUT2D eigenvalue weighted by atomic mass is 9.98. The molecule has 1 atom stereocenters. The number of fused-ring (bicyclic) bond motifs is 3. The Labute approximate surface area is 194 Å². The number of rotatable bonds is 7. The average Bonchev–Trinajstić information content (AvgIpc) is 3.16. The van der Waals surface area contributed by atoms with Crippen molar-refractivity contribution in [2.75, 3.05) is 11.9 Å². The van der Waals surface area contributed by atoms with Crippen LogP contribution in [0.1, 0.15) is 34.3 Å². The van der Waals surface area contributed by atoms with Gasteiger partial charge in [-0.25, -0.2) is 19.5 Å². The number of aliphatic carboxylic acids is 1. The minimum Gasteiger partial charge on any atom is -0.479 e. The Kier molecular flexibility index (Phi) is 6.55. The van der Waals surface area contributed by atoms with E-state index in [1.54, 1.807) is 0 Å². The normalized spacial score (nSPS) is 12.9. The van der Waals surface area contributed by atoms with Gasteiger partial charge in [0.2, 0.25) is 0 Å². The fourth-order valence-corrected chi connectivity index (χ4v) is 3.82. The van der Waals surface area contributed by atoms with E-state index in [1.807, 2.05) is 54.0 Å². The summed E-state index contributed by atoms with van der Waals surface area (Å²) in [5, 5.41) is 11.1. The van der Waals surface area contributed by atoms with E-state index in [9.17, 15) is 18.8 Å². The van der Waals surface area contributed by atoms with Crippen molar-refractivity contribution in [1.82, 2.24) is 5.48 Å².